The van der Waals surface area contributed by atoms with Gasteiger partial charge in [-0.1, -0.05) is 17.3 Å². The number of fused-ring (bicyclic) bond motifs is 1. The van der Waals surface area contributed by atoms with Crippen molar-refractivity contribution in [3.8, 4) is 11.4 Å². The highest BCUT2D eigenvalue weighted by molar-refractivity contribution is 5.94. The minimum Gasteiger partial charge on any atom is -0.390 e. The molecule has 3 aromatic rings. The first-order valence-corrected chi connectivity index (χ1v) is 8.66. The second kappa shape index (κ2) is 7.43. The number of rotatable bonds is 5. The maximum absolute atomic E-state index is 12.6. The van der Waals surface area contributed by atoms with Gasteiger partial charge in [-0.3, -0.25) is 9.78 Å². The Morgan fingerprint density at radius 2 is 2.18 bits per heavy atom. The van der Waals surface area contributed by atoms with Crippen LogP contribution in [0.5, 0.6) is 0 Å². The monoisotopic (exact) mass is 386 g/mol. The van der Waals surface area contributed by atoms with Crippen molar-refractivity contribution in [3.63, 3.8) is 0 Å². The number of pyridine rings is 1. The molecule has 0 spiro atoms. The Hall–Kier alpha value is -3.20. The molecule has 0 saturated carbocycles. The molecule has 2 heterocycles. The fraction of sp³-hybridized carbons (Fsp3) is 0.263. The van der Waals surface area contributed by atoms with Crippen molar-refractivity contribution in [2.45, 2.75) is 31.9 Å². The van der Waals surface area contributed by atoms with Crippen molar-refractivity contribution in [2.24, 2.45) is 0 Å². The molecule has 0 aliphatic heterocycles. The van der Waals surface area contributed by atoms with Gasteiger partial charge in [0, 0.05) is 17.3 Å². The zero-order valence-electron chi connectivity index (χ0n) is 14.6. The van der Waals surface area contributed by atoms with Crippen LogP contribution in [0.1, 0.15) is 52.0 Å². The van der Waals surface area contributed by atoms with Crippen molar-refractivity contribution < 1.29 is 23.2 Å². The summed E-state index contributed by atoms with van der Waals surface area (Å²) in [7, 11) is 0. The number of aromatic nitrogens is 3. The van der Waals surface area contributed by atoms with Crippen LogP contribution in [0.4, 0.5) is 8.78 Å². The molecule has 4 rings (SSSR count). The van der Waals surface area contributed by atoms with Gasteiger partial charge < -0.3 is 14.9 Å². The van der Waals surface area contributed by atoms with Gasteiger partial charge >= 0.3 is 6.43 Å². The summed E-state index contributed by atoms with van der Waals surface area (Å²) >= 11 is 0. The molecule has 7 nitrogen and oxygen atoms in total. The Kier molecular flexibility index (Phi) is 4.82. The molecule has 0 bridgehead atoms. The van der Waals surface area contributed by atoms with Crippen LogP contribution in [-0.2, 0) is 13.0 Å². The first kappa shape index (κ1) is 18.2. The van der Waals surface area contributed by atoms with E-state index in [0.29, 0.717) is 16.8 Å². The molecule has 9 heteroatoms. The zero-order chi connectivity index (χ0) is 19.7. The van der Waals surface area contributed by atoms with Crippen LogP contribution in [0.15, 0.2) is 41.1 Å². The number of hydrogen-bond acceptors (Lipinski definition) is 6. The summed E-state index contributed by atoms with van der Waals surface area (Å²) in [6.07, 6.45) is 0.117. The van der Waals surface area contributed by atoms with Crippen molar-refractivity contribution in [3.05, 3.63) is 64.8 Å². The van der Waals surface area contributed by atoms with Gasteiger partial charge in [0.2, 0.25) is 5.82 Å². The minimum atomic E-state index is -2.81. The standard InChI is InChI=1S/C19H16F2N4O3/c20-16(21)19-24-17(25-28-19)11-1-3-14-10(7-11)2-4-15(14)23-18(27)12-5-6-22-13(8-12)9-26/h1,3,5-8,15-16,26H,2,4,9H2,(H,23,27)/t15-/m1/s1. The number of alkyl halides is 2. The molecule has 144 valence electrons. The maximum Gasteiger partial charge on any atom is 0.315 e. The van der Waals surface area contributed by atoms with E-state index >= 15 is 0 Å². The summed E-state index contributed by atoms with van der Waals surface area (Å²) in [6, 6.07) is 8.36. The molecule has 1 aliphatic rings. The third-order valence-corrected chi connectivity index (χ3v) is 4.65. The predicted molar refractivity (Wildman–Crippen MR) is 93.4 cm³/mol. The van der Waals surface area contributed by atoms with Gasteiger partial charge in [0.1, 0.15) is 0 Å². The lowest BCUT2D eigenvalue weighted by atomic mass is 10.0. The fourth-order valence-corrected chi connectivity index (χ4v) is 3.30. The van der Waals surface area contributed by atoms with E-state index in [-0.39, 0.29) is 24.4 Å². The van der Waals surface area contributed by atoms with Gasteiger partial charge in [0.25, 0.3) is 11.8 Å². The van der Waals surface area contributed by atoms with E-state index in [1.165, 1.54) is 6.20 Å². The fourth-order valence-electron chi connectivity index (χ4n) is 3.30. The maximum atomic E-state index is 12.6. The molecule has 0 fully saturated rings. The van der Waals surface area contributed by atoms with E-state index in [1.54, 1.807) is 18.2 Å². The van der Waals surface area contributed by atoms with Crippen molar-refractivity contribution in [1.29, 1.82) is 0 Å². The number of nitrogens with one attached hydrogen (secondary N) is 1. The normalized spacial score (nSPS) is 15.6. The Morgan fingerprint density at radius 1 is 1.32 bits per heavy atom. The van der Waals surface area contributed by atoms with Gasteiger partial charge in [0.15, 0.2) is 0 Å². The third-order valence-electron chi connectivity index (χ3n) is 4.65. The molecular weight excluding hydrogens is 370 g/mol. The molecular formula is C19H16F2N4O3. The molecule has 0 radical (unpaired) electrons. The lowest BCUT2D eigenvalue weighted by Crippen LogP contribution is -2.27. The molecule has 0 unspecified atom stereocenters. The highest BCUT2D eigenvalue weighted by Gasteiger charge is 2.26. The molecule has 0 saturated heterocycles. The largest absolute Gasteiger partial charge is 0.390 e. The summed E-state index contributed by atoms with van der Waals surface area (Å²) in [5, 5.41) is 15.7. The van der Waals surface area contributed by atoms with Gasteiger partial charge in [0.05, 0.1) is 18.3 Å². The zero-order valence-corrected chi connectivity index (χ0v) is 14.6. The molecule has 1 amide bonds. The van der Waals surface area contributed by atoms with E-state index in [1.807, 2.05) is 12.1 Å². The number of nitrogens with zero attached hydrogens (tertiary/aromatic N) is 3. The topological polar surface area (TPSA) is 101 Å². The quantitative estimate of drug-likeness (QED) is 0.699. The Morgan fingerprint density at radius 3 is 2.93 bits per heavy atom. The number of benzene rings is 1. The van der Waals surface area contributed by atoms with E-state index in [0.717, 1.165) is 24.0 Å². The lowest BCUT2D eigenvalue weighted by molar-refractivity contribution is 0.0936. The van der Waals surface area contributed by atoms with Crippen LogP contribution >= 0.6 is 0 Å². The number of halogens is 2. The average molecular weight is 386 g/mol. The van der Waals surface area contributed by atoms with Crippen LogP contribution in [0.25, 0.3) is 11.4 Å². The molecule has 2 aromatic heterocycles. The number of aryl methyl sites for hydroxylation is 1. The molecule has 28 heavy (non-hydrogen) atoms. The number of amides is 1. The summed E-state index contributed by atoms with van der Waals surface area (Å²) in [6.45, 7) is -0.237. The van der Waals surface area contributed by atoms with E-state index < -0.39 is 12.3 Å². The van der Waals surface area contributed by atoms with Crippen molar-refractivity contribution in [1.82, 2.24) is 20.4 Å². The highest BCUT2D eigenvalue weighted by Crippen LogP contribution is 2.34. The summed E-state index contributed by atoms with van der Waals surface area (Å²) in [5.41, 5.74) is 3.40. The Balaban J connectivity index is 1.52. The van der Waals surface area contributed by atoms with Gasteiger partial charge in [-0.2, -0.15) is 13.8 Å². The van der Waals surface area contributed by atoms with Crippen LogP contribution in [0, 0.1) is 0 Å². The summed E-state index contributed by atoms with van der Waals surface area (Å²) < 4.78 is 29.8. The van der Waals surface area contributed by atoms with E-state index in [9.17, 15) is 13.6 Å². The number of aliphatic hydroxyl groups is 1. The molecule has 1 aliphatic carbocycles. The second-order valence-corrected chi connectivity index (χ2v) is 6.43. The SMILES string of the molecule is O=C(N[C@@H]1CCc2cc(-c3noc(C(F)F)n3)ccc21)c1ccnc(CO)c1. The third kappa shape index (κ3) is 3.48. The summed E-state index contributed by atoms with van der Waals surface area (Å²) in [4.78, 5) is 20.2. The van der Waals surface area contributed by atoms with Gasteiger partial charge in [-0.25, -0.2) is 0 Å². The molecule has 2 N–H and O–H groups in total. The Bertz CT molecular complexity index is 1020. The Labute approximate surface area is 158 Å². The average Bonchev–Trinajstić information content (AvgIpc) is 3.35. The smallest absolute Gasteiger partial charge is 0.315 e. The number of aliphatic hydroxyl groups excluding tert-OH is 1. The lowest BCUT2D eigenvalue weighted by Gasteiger charge is -2.14. The first-order chi connectivity index (χ1) is 13.5. The van der Waals surface area contributed by atoms with Gasteiger partial charge in [-0.15, -0.1) is 0 Å². The number of carbonyl (C=O) groups excluding carboxylic acids is 1. The van der Waals surface area contributed by atoms with E-state index in [2.05, 4.69) is 25.0 Å². The second-order valence-electron chi connectivity index (χ2n) is 6.43. The molecule has 1 atom stereocenters. The summed E-state index contributed by atoms with van der Waals surface area (Å²) in [5.74, 6) is -0.849. The number of hydrogen-bond donors (Lipinski definition) is 2. The first-order valence-electron chi connectivity index (χ1n) is 8.66. The number of carbonyl (C=O) groups is 1. The highest BCUT2D eigenvalue weighted by atomic mass is 19.3. The van der Waals surface area contributed by atoms with Crippen LogP contribution < -0.4 is 5.32 Å². The minimum absolute atomic E-state index is 0.110. The van der Waals surface area contributed by atoms with Crippen LogP contribution in [0.2, 0.25) is 0 Å². The van der Waals surface area contributed by atoms with Crippen LogP contribution in [0.3, 0.4) is 0 Å². The van der Waals surface area contributed by atoms with Crippen LogP contribution in [-0.4, -0.2) is 26.1 Å². The van der Waals surface area contributed by atoms with Crippen molar-refractivity contribution >= 4 is 5.91 Å². The predicted octanol–water partition coefficient (Wildman–Crippen LogP) is 2.98. The van der Waals surface area contributed by atoms with E-state index in [4.69, 9.17) is 5.11 Å². The molecule has 1 aromatic carbocycles. The van der Waals surface area contributed by atoms with Crippen molar-refractivity contribution in [2.75, 3.05) is 0 Å². The van der Waals surface area contributed by atoms with Gasteiger partial charge in [-0.05, 0) is 42.2 Å².